The summed E-state index contributed by atoms with van der Waals surface area (Å²) in [5, 5.41) is 0.665. The van der Waals surface area contributed by atoms with Crippen LogP contribution in [-0.4, -0.2) is 16.0 Å². The third-order valence-corrected chi connectivity index (χ3v) is 5.17. The van der Waals surface area contributed by atoms with Crippen LogP contribution in [0.2, 0.25) is 20.1 Å². The molecule has 1 aliphatic heterocycles. The van der Waals surface area contributed by atoms with Crippen LogP contribution in [0.1, 0.15) is 0 Å². The fourth-order valence-electron chi connectivity index (χ4n) is 1.31. The Morgan fingerprint density at radius 2 is 1.82 bits per heavy atom. The molecule has 17 heavy (non-hydrogen) atoms. The van der Waals surface area contributed by atoms with Gasteiger partial charge in [-0.3, -0.25) is 9.69 Å². The number of hydrogen-bond donors (Lipinski definition) is 0. The monoisotopic (exact) mass is 345 g/mol. The summed E-state index contributed by atoms with van der Waals surface area (Å²) in [6.07, 6.45) is 0. The third-order valence-electron chi connectivity index (χ3n) is 2.08. The van der Waals surface area contributed by atoms with Crippen molar-refractivity contribution in [2.24, 2.45) is 0 Å². The Balaban J connectivity index is 2.60. The lowest BCUT2D eigenvalue weighted by molar-refractivity contribution is -0.115. The van der Waals surface area contributed by atoms with Gasteiger partial charge in [0.1, 0.15) is 4.32 Å². The van der Waals surface area contributed by atoms with E-state index in [1.54, 1.807) is 0 Å². The Kier molecular flexibility index (Phi) is 4.13. The Morgan fingerprint density at radius 1 is 1.18 bits per heavy atom. The number of rotatable bonds is 1. The Bertz CT molecular complexity index is 518. The Labute approximate surface area is 127 Å². The number of thioether (sulfide) groups is 1. The molecule has 2 rings (SSSR count). The van der Waals surface area contributed by atoms with Gasteiger partial charge in [0.05, 0.1) is 31.5 Å². The Morgan fingerprint density at radius 3 is 2.35 bits per heavy atom. The summed E-state index contributed by atoms with van der Waals surface area (Å²) in [4.78, 5) is 13.0. The first-order chi connectivity index (χ1) is 7.93. The molecule has 90 valence electrons. The normalized spacial score (nSPS) is 15.9. The van der Waals surface area contributed by atoms with Gasteiger partial charge >= 0.3 is 0 Å². The molecule has 0 atom stereocenters. The highest BCUT2D eigenvalue weighted by Gasteiger charge is 2.31. The molecule has 1 aromatic rings. The molecule has 1 fully saturated rings. The molecule has 0 aromatic heterocycles. The number of halogens is 4. The molecule has 0 N–H and O–H groups in total. The predicted molar refractivity (Wildman–Crippen MR) is 79.0 cm³/mol. The van der Waals surface area contributed by atoms with E-state index in [1.807, 2.05) is 0 Å². The zero-order valence-electron chi connectivity index (χ0n) is 7.97. The lowest BCUT2D eigenvalue weighted by atomic mass is 10.3. The number of carbonyl (C=O) groups excluding carboxylic acids is 1. The van der Waals surface area contributed by atoms with E-state index in [-0.39, 0.29) is 31.8 Å². The maximum atomic E-state index is 11.7. The molecule has 2 nitrogen and oxygen atoms in total. The second-order valence-corrected chi connectivity index (χ2v) is 6.25. The Hall–Kier alpha value is 0.290. The predicted octanol–water partition coefficient (Wildman–Crippen LogP) is 4.66. The molecule has 0 bridgehead atoms. The third kappa shape index (κ3) is 2.39. The minimum atomic E-state index is -0.156. The van der Waals surface area contributed by atoms with Gasteiger partial charge in [0.2, 0.25) is 5.91 Å². The van der Waals surface area contributed by atoms with Crippen molar-refractivity contribution in [3.63, 3.8) is 0 Å². The van der Waals surface area contributed by atoms with Crippen molar-refractivity contribution < 1.29 is 4.79 Å². The van der Waals surface area contributed by atoms with Crippen LogP contribution in [0.25, 0.3) is 0 Å². The first kappa shape index (κ1) is 13.7. The summed E-state index contributed by atoms with van der Waals surface area (Å²) < 4.78 is 0.423. The highest BCUT2D eigenvalue weighted by atomic mass is 35.5. The van der Waals surface area contributed by atoms with E-state index < -0.39 is 0 Å². The number of amides is 1. The van der Waals surface area contributed by atoms with Crippen LogP contribution in [-0.2, 0) is 4.79 Å². The molecule has 1 aliphatic rings. The van der Waals surface area contributed by atoms with Crippen molar-refractivity contribution in [2.75, 3.05) is 10.7 Å². The summed E-state index contributed by atoms with van der Waals surface area (Å²) in [7, 11) is 0. The van der Waals surface area contributed by atoms with E-state index in [0.717, 1.165) is 0 Å². The van der Waals surface area contributed by atoms with Gasteiger partial charge in [0.15, 0.2) is 0 Å². The molecule has 1 saturated heterocycles. The van der Waals surface area contributed by atoms with Crippen molar-refractivity contribution in [3.8, 4) is 0 Å². The lowest BCUT2D eigenvalue weighted by Gasteiger charge is -2.18. The number of nitrogens with zero attached hydrogens (tertiary/aromatic N) is 1. The first-order valence-electron chi connectivity index (χ1n) is 4.26. The van der Waals surface area contributed by atoms with Crippen LogP contribution >= 0.6 is 70.4 Å². The number of thiocarbonyl (C=S) groups is 1. The minimum Gasteiger partial charge on any atom is -0.273 e. The molecule has 0 saturated carbocycles. The van der Waals surface area contributed by atoms with E-state index in [0.29, 0.717) is 10.0 Å². The molecule has 0 aliphatic carbocycles. The minimum absolute atomic E-state index is 0.114. The quantitative estimate of drug-likeness (QED) is 0.419. The van der Waals surface area contributed by atoms with Crippen LogP contribution in [0.4, 0.5) is 5.69 Å². The fraction of sp³-hybridized carbons (Fsp3) is 0.111. The van der Waals surface area contributed by atoms with Crippen molar-refractivity contribution in [3.05, 3.63) is 26.2 Å². The maximum absolute atomic E-state index is 11.7. The van der Waals surface area contributed by atoms with Crippen molar-refractivity contribution in [1.29, 1.82) is 0 Å². The largest absolute Gasteiger partial charge is 0.273 e. The smallest absolute Gasteiger partial charge is 0.243 e. The summed E-state index contributed by atoms with van der Waals surface area (Å²) >= 11 is 30.0. The van der Waals surface area contributed by atoms with E-state index in [1.165, 1.54) is 22.7 Å². The molecule has 1 heterocycles. The van der Waals surface area contributed by atoms with Crippen molar-refractivity contribution >= 4 is 86.3 Å². The van der Waals surface area contributed by atoms with E-state index in [4.69, 9.17) is 58.6 Å². The number of carbonyl (C=O) groups is 1. The highest BCUT2D eigenvalue weighted by Crippen LogP contribution is 2.43. The molecule has 0 radical (unpaired) electrons. The highest BCUT2D eigenvalue weighted by molar-refractivity contribution is 8.24. The van der Waals surface area contributed by atoms with Gasteiger partial charge in [-0.25, -0.2) is 0 Å². The van der Waals surface area contributed by atoms with Gasteiger partial charge < -0.3 is 0 Å². The summed E-state index contributed by atoms with van der Waals surface area (Å²) in [5.41, 5.74) is 0.367. The molecule has 1 aromatic carbocycles. The van der Waals surface area contributed by atoms with E-state index in [2.05, 4.69) is 0 Å². The summed E-state index contributed by atoms with van der Waals surface area (Å²) in [5.74, 6) is 0.129. The molecular weight excluding hydrogens is 344 g/mol. The number of benzene rings is 1. The molecule has 1 amide bonds. The summed E-state index contributed by atoms with van der Waals surface area (Å²) in [6.45, 7) is 0. The SMILES string of the molecule is O=C1CSC(=S)N1c1cc(Cl)c(Cl)c(Cl)c1Cl. The van der Waals surface area contributed by atoms with Crippen molar-refractivity contribution in [2.45, 2.75) is 0 Å². The number of hydrogen-bond acceptors (Lipinski definition) is 3. The lowest BCUT2D eigenvalue weighted by Crippen LogP contribution is -2.28. The van der Waals surface area contributed by atoms with Gasteiger partial charge in [-0.05, 0) is 6.07 Å². The van der Waals surface area contributed by atoms with Gasteiger partial charge in [-0.1, -0.05) is 70.4 Å². The van der Waals surface area contributed by atoms with Gasteiger partial charge in [0.25, 0.3) is 0 Å². The first-order valence-corrected chi connectivity index (χ1v) is 7.16. The van der Waals surface area contributed by atoms with Gasteiger partial charge in [0, 0.05) is 0 Å². The van der Waals surface area contributed by atoms with Gasteiger partial charge in [-0.15, -0.1) is 0 Å². The van der Waals surface area contributed by atoms with Crippen LogP contribution in [0.15, 0.2) is 6.07 Å². The number of anilines is 1. The average Bonchev–Trinajstić information content (AvgIpc) is 2.61. The average molecular weight is 347 g/mol. The topological polar surface area (TPSA) is 20.3 Å². The van der Waals surface area contributed by atoms with E-state index >= 15 is 0 Å². The van der Waals surface area contributed by atoms with E-state index in [9.17, 15) is 4.79 Å². The van der Waals surface area contributed by atoms with Crippen LogP contribution < -0.4 is 4.90 Å². The van der Waals surface area contributed by atoms with Crippen LogP contribution in [0.3, 0.4) is 0 Å². The fourth-order valence-corrected chi connectivity index (χ4v) is 3.27. The zero-order chi connectivity index (χ0) is 12.7. The van der Waals surface area contributed by atoms with Gasteiger partial charge in [-0.2, -0.15) is 0 Å². The second kappa shape index (κ2) is 5.11. The van der Waals surface area contributed by atoms with Crippen LogP contribution in [0, 0.1) is 0 Å². The maximum Gasteiger partial charge on any atom is 0.243 e. The summed E-state index contributed by atoms with van der Waals surface area (Å²) in [6, 6.07) is 1.48. The molecule has 8 heteroatoms. The van der Waals surface area contributed by atoms with Crippen molar-refractivity contribution in [1.82, 2.24) is 0 Å². The molecule has 0 unspecified atom stereocenters. The van der Waals surface area contributed by atoms with Crippen LogP contribution in [0.5, 0.6) is 0 Å². The standard InChI is InChI=1S/C9H3Cl4NOS2/c10-3-1-4(7(12)8(13)6(3)11)14-5(15)2-17-9(14)16/h1H,2H2. The molecular formula is C9H3Cl4NOS2. The zero-order valence-corrected chi connectivity index (χ0v) is 12.6. The molecule has 0 spiro atoms. The second-order valence-electron chi connectivity index (χ2n) is 3.10.